The van der Waals surface area contributed by atoms with Crippen LogP contribution in [-0.2, 0) is 11.2 Å². The number of carbonyl (C=O) groups excluding carboxylic acids is 1. The van der Waals surface area contributed by atoms with E-state index in [0.717, 1.165) is 12.0 Å². The van der Waals surface area contributed by atoms with E-state index in [-0.39, 0.29) is 23.7 Å². The van der Waals surface area contributed by atoms with Gasteiger partial charge < -0.3 is 16.2 Å². The molecule has 0 aliphatic rings. The lowest BCUT2D eigenvalue weighted by Crippen LogP contribution is -2.44. The predicted octanol–water partition coefficient (Wildman–Crippen LogP) is 0.787. The number of amides is 1. The van der Waals surface area contributed by atoms with E-state index < -0.39 is 0 Å². The molecule has 1 amide bonds. The SMILES string of the molecule is CC(Cc1ccc(O)cc1)NC(C)C(N)=O. The average Bonchev–Trinajstić information content (AvgIpc) is 2.21. The molecule has 0 radical (unpaired) electrons. The Morgan fingerprint density at radius 2 is 1.94 bits per heavy atom. The Morgan fingerprint density at radius 1 is 1.38 bits per heavy atom. The number of benzene rings is 1. The van der Waals surface area contributed by atoms with E-state index in [1.165, 1.54) is 0 Å². The minimum atomic E-state index is -0.349. The molecule has 0 aliphatic carbocycles. The van der Waals surface area contributed by atoms with Crippen LogP contribution in [0.1, 0.15) is 19.4 Å². The van der Waals surface area contributed by atoms with Gasteiger partial charge in [0.1, 0.15) is 5.75 Å². The van der Waals surface area contributed by atoms with Crippen LogP contribution in [-0.4, -0.2) is 23.1 Å². The first kappa shape index (κ1) is 12.5. The Labute approximate surface area is 95.5 Å². The van der Waals surface area contributed by atoms with Gasteiger partial charge in [0, 0.05) is 6.04 Å². The number of nitrogens with two attached hydrogens (primary N) is 1. The Balaban J connectivity index is 2.48. The first-order valence-electron chi connectivity index (χ1n) is 5.32. The third-order valence-electron chi connectivity index (χ3n) is 2.44. The topological polar surface area (TPSA) is 75.3 Å². The Kier molecular flexibility index (Phi) is 4.31. The number of rotatable bonds is 5. The maximum Gasteiger partial charge on any atom is 0.234 e. The fourth-order valence-electron chi connectivity index (χ4n) is 1.55. The standard InChI is InChI=1S/C12H18N2O2/c1-8(14-9(2)12(13)16)7-10-3-5-11(15)6-4-10/h3-6,8-9,14-15H,7H2,1-2H3,(H2,13,16). The van der Waals surface area contributed by atoms with Crippen molar-refractivity contribution in [3.63, 3.8) is 0 Å². The number of phenolic OH excluding ortho intramolecular Hbond substituents is 1. The molecule has 0 bridgehead atoms. The van der Waals surface area contributed by atoms with Crippen molar-refractivity contribution in [1.82, 2.24) is 5.32 Å². The van der Waals surface area contributed by atoms with Crippen molar-refractivity contribution >= 4 is 5.91 Å². The molecule has 0 aliphatic heterocycles. The largest absolute Gasteiger partial charge is 0.508 e. The molecular formula is C12H18N2O2. The summed E-state index contributed by atoms with van der Waals surface area (Å²) < 4.78 is 0. The van der Waals surface area contributed by atoms with Gasteiger partial charge in [0.15, 0.2) is 0 Å². The summed E-state index contributed by atoms with van der Waals surface area (Å²) >= 11 is 0. The quantitative estimate of drug-likeness (QED) is 0.689. The van der Waals surface area contributed by atoms with Gasteiger partial charge >= 0.3 is 0 Å². The third kappa shape index (κ3) is 3.90. The summed E-state index contributed by atoms with van der Waals surface area (Å²) in [5, 5.41) is 12.2. The van der Waals surface area contributed by atoms with E-state index in [4.69, 9.17) is 10.8 Å². The molecule has 0 fully saturated rings. The van der Waals surface area contributed by atoms with Crippen molar-refractivity contribution in [3.05, 3.63) is 29.8 Å². The summed E-state index contributed by atoms with van der Waals surface area (Å²) in [6.07, 6.45) is 0.790. The van der Waals surface area contributed by atoms with Crippen molar-refractivity contribution < 1.29 is 9.90 Å². The van der Waals surface area contributed by atoms with Gasteiger partial charge in [0.05, 0.1) is 6.04 Å². The summed E-state index contributed by atoms with van der Waals surface area (Å²) in [5.41, 5.74) is 6.27. The van der Waals surface area contributed by atoms with Crippen LogP contribution in [0.3, 0.4) is 0 Å². The fraction of sp³-hybridized carbons (Fsp3) is 0.417. The molecule has 2 atom stereocenters. The summed E-state index contributed by atoms with van der Waals surface area (Å²) in [6, 6.07) is 6.86. The van der Waals surface area contributed by atoms with Gasteiger partial charge in [-0.15, -0.1) is 0 Å². The summed E-state index contributed by atoms with van der Waals surface area (Å²) in [4.78, 5) is 10.9. The fourth-order valence-corrected chi connectivity index (χ4v) is 1.55. The molecule has 88 valence electrons. The molecule has 4 N–H and O–H groups in total. The number of carbonyl (C=O) groups is 1. The molecule has 0 saturated carbocycles. The highest BCUT2D eigenvalue weighted by Crippen LogP contribution is 2.11. The van der Waals surface area contributed by atoms with E-state index in [9.17, 15) is 4.79 Å². The van der Waals surface area contributed by atoms with Crippen LogP contribution in [0, 0.1) is 0 Å². The van der Waals surface area contributed by atoms with Crippen LogP contribution in [0.2, 0.25) is 0 Å². The van der Waals surface area contributed by atoms with Crippen molar-refractivity contribution in [1.29, 1.82) is 0 Å². The summed E-state index contributed by atoms with van der Waals surface area (Å²) in [6.45, 7) is 3.74. The van der Waals surface area contributed by atoms with Crippen LogP contribution in [0.5, 0.6) is 5.75 Å². The Bertz CT molecular complexity index is 349. The zero-order valence-electron chi connectivity index (χ0n) is 9.60. The van der Waals surface area contributed by atoms with E-state index in [1.54, 1.807) is 19.1 Å². The van der Waals surface area contributed by atoms with Gasteiger partial charge in [-0.05, 0) is 38.0 Å². The van der Waals surface area contributed by atoms with E-state index in [1.807, 2.05) is 19.1 Å². The molecule has 0 heterocycles. The number of aromatic hydroxyl groups is 1. The maximum absolute atomic E-state index is 10.9. The van der Waals surface area contributed by atoms with Crippen LogP contribution in [0.15, 0.2) is 24.3 Å². The van der Waals surface area contributed by atoms with Crippen molar-refractivity contribution in [2.45, 2.75) is 32.4 Å². The Hall–Kier alpha value is -1.55. The highest BCUT2D eigenvalue weighted by molar-refractivity contribution is 5.79. The van der Waals surface area contributed by atoms with Crippen molar-refractivity contribution in [2.24, 2.45) is 5.73 Å². The molecule has 0 saturated heterocycles. The lowest BCUT2D eigenvalue weighted by atomic mass is 10.1. The molecule has 1 aromatic carbocycles. The van der Waals surface area contributed by atoms with Crippen LogP contribution in [0.25, 0.3) is 0 Å². The highest BCUT2D eigenvalue weighted by atomic mass is 16.3. The van der Waals surface area contributed by atoms with Crippen LogP contribution >= 0.6 is 0 Å². The summed E-state index contributed by atoms with van der Waals surface area (Å²) in [7, 11) is 0. The highest BCUT2D eigenvalue weighted by Gasteiger charge is 2.12. The second-order valence-electron chi connectivity index (χ2n) is 4.06. The molecule has 1 aromatic rings. The van der Waals surface area contributed by atoms with Crippen molar-refractivity contribution in [2.75, 3.05) is 0 Å². The molecule has 4 heteroatoms. The van der Waals surface area contributed by atoms with Crippen LogP contribution < -0.4 is 11.1 Å². The average molecular weight is 222 g/mol. The number of primary amides is 1. The monoisotopic (exact) mass is 222 g/mol. The molecule has 1 rings (SSSR count). The van der Waals surface area contributed by atoms with Gasteiger partial charge in [0.25, 0.3) is 0 Å². The molecule has 2 unspecified atom stereocenters. The number of phenols is 1. The van der Waals surface area contributed by atoms with E-state index >= 15 is 0 Å². The zero-order chi connectivity index (χ0) is 12.1. The van der Waals surface area contributed by atoms with E-state index in [0.29, 0.717) is 0 Å². The second kappa shape index (κ2) is 5.51. The molecule has 4 nitrogen and oxygen atoms in total. The van der Waals surface area contributed by atoms with Gasteiger partial charge in [-0.1, -0.05) is 12.1 Å². The zero-order valence-corrected chi connectivity index (χ0v) is 9.60. The van der Waals surface area contributed by atoms with Gasteiger partial charge in [-0.25, -0.2) is 0 Å². The van der Waals surface area contributed by atoms with Gasteiger partial charge in [-0.2, -0.15) is 0 Å². The van der Waals surface area contributed by atoms with Crippen molar-refractivity contribution in [3.8, 4) is 5.75 Å². The second-order valence-corrected chi connectivity index (χ2v) is 4.06. The maximum atomic E-state index is 10.9. The summed E-state index contributed by atoms with van der Waals surface area (Å²) in [5.74, 6) is -0.0903. The van der Waals surface area contributed by atoms with Crippen LogP contribution in [0.4, 0.5) is 0 Å². The smallest absolute Gasteiger partial charge is 0.234 e. The molecule has 16 heavy (non-hydrogen) atoms. The van der Waals surface area contributed by atoms with E-state index in [2.05, 4.69) is 5.32 Å². The Morgan fingerprint density at radius 3 is 2.44 bits per heavy atom. The predicted molar refractivity (Wildman–Crippen MR) is 63.1 cm³/mol. The molecule has 0 spiro atoms. The minimum absolute atomic E-state index is 0.159. The molecule has 0 aromatic heterocycles. The first-order valence-corrected chi connectivity index (χ1v) is 5.32. The lowest BCUT2D eigenvalue weighted by molar-refractivity contribution is -0.119. The van der Waals surface area contributed by atoms with Gasteiger partial charge in [0.2, 0.25) is 5.91 Å². The normalized spacial score (nSPS) is 14.4. The number of hydrogen-bond acceptors (Lipinski definition) is 3. The minimum Gasteiger partial charge on any atom is -0.508 e. The molecular weight excluding hydrogens is 204 g/mol. The number of nitrogens with one attached hydrogen (secondary N) is 1. The van der Waals surface area contributed by atoms with Gasteiger partial charge in [-0.3, -0.25) is 4.79 Å². The third-order valence-corrected chi connectivity index (χ3v) is 2.44. The number of hydrogen-bond donors (Lipinski definition) is 3. The lowest BCUT2D eigenvalue weighted by Gasteiger charge is -2.17. The first-order chi connectivity index (χ1) is 7.49.